The molecule has 3 fully saturated rings. The minimum Gasteiger partial charge on any atom is -0.451 e. The lowest BCUT2D eigenvalue weighted by atomic mass is 9.67. The highest BCUT2D eigenvalue weighted by atomic mass is 19.1. The average molecular weight is 593 g/mol. The van der Waals surface area contributed by atoms with Crippen LogP contribution in [0.5, 0.6) is 11.5 Å². The summed E-state index contributed by atoms with van der Waals surface area (Å²) in [4.78, 5) is 40.4. The molecule has 1 aromatic carbocycles. The summed E-state index contributed by atoms with van der Waals surface area (Å²) in [6.07, 6.45) is 9.92. The van der Waals surface area contributed by atoms with Gasteiger partial charge in [-0.05, 0) is 95.4 Å². The first kappa shape index (κ1) is 30.9. The van der Waals surface area contributed by atoms with Gasteiger partial charge in [-0.3, -0.25) is 9.59 Å². The minimum absolute atomic E-state index is 0.0536. The summed E-state index contributed by atoms with van der Waals surface area (Å²) in [5.41, 5.74) is 0.576. The van der Waals surface area contributed by atoms with Gasteiger partial charge in [-0.15, -0.1) is 0 Å². The molecule has 3 aliphatic rings. The molecule has 232 valence electrons. The van der Waals surface area contributed by atoms with E-state index in [1.807, 2.05) is 27.7 Å². The fourth-order valence-corrected chi connectivity index (χ4v) is 7.22. The molecular weight excluding hydrogens is 547 g/mol. The Bertz CT molecular complexity index is 1310. The third-order valence-corrected chi connectivity index (χ3v) is 9.20. The van der Waals surface area contributed by atoms with E-state index in [1.54, 1.807) is 11.1 Å². The van der Waals surface area contributed by atoms with Gasteiger partial charge in [-0.25, -0.2) is 14.4 Å². The van der Waals surface area contributed by atoms with Crippen molar-refractivity contribution in [3.63, 3.8) is 0 Å². The molecule has 1 spiro atoms. The molecule has 2 amide bonds. The minimum atomic E-state index is -0.490. The summed E-state index contributed by atoms with van der Waals surface area (Å²) in [7, 11) is 0. The smallest absolute Gasteiger partial charge is 0.258 e. The van der Waals surface area contributed by atoms with Crippen molar-refractivity contribution in [3.8, 4) is 11.5 Å². The number of anilines is 1. The third kappa shape index (κ3) is 7.00. The van der Waals surface area contributed by atoms with E-state index in [-0.39, 0.29) is 41.3 Å². The number of ether oxygens (including phenoxy) is 1. The van der Waals surface area contributed by atoms with Crippen molar-refractivity contribution < 1.29 is 18.7 Å². The molecule has 1 aliphatic carbocycles. The van der Waals surface area contributed by atoms with Gasteiger partial charge in [0.25, 0.3) is 5.91 Å². The van der Waals surface area contributed by atoms with Gasteiger partial charge in [0.15, 0.2) is 11.6 Å². The van der Waals surface area contributed by atoms with Crippen molar-refractivity contribution in [1.29, 1.82) is 0 Å². The fraction of sp³-hybridized carbons (Fsp3) is 0.576. The maximum atomic E-state index is 14.3. The first-order chi connectivity index (χ1) is 20.6. The molecule has 0 radical (unpaired) electrons. The Morgan fingerprint density at radius 1 is 1.16 bits per heavy atom. The number of nitrogens with one attached hydrogen (secondary N) is 1. The van der Waals surface area contributed by atoms with Crippen LogP contribution in [0, 0.1) is 17.2 Å². The second-order valence-corrected chi connectivity index (χ2v) is 13.1. The van der Waals surface area contributed by atoms with Crippen molar-refractivity contribution in [3.05, 3.63) is 54.8 Å². The van der Waals surface area contributed by atoms with Gasteiger partial charge in [0, 0.05) is 50.8 Å². The first-order valence-electron chi connectivity index (χ1n) is 15.6. The predicted octanol–water partition coefficient (Wildman–Crippen LogP) is 5.04. The van der Waals surface area contributed by atoms with Gasteiger partial charge in [-0.1, -0.05) is 6.58 Å². The van der Waals surface area contributed by atoms with Crippen LogP contribution in [0.2, 0.25) is 0 Å². The average Bonchev–Trinajstić information content (AvgIpc) is 3.42. The second kappa shape index (κ2) is 13.0. The Morgan fingerprint density at radius 3 is 2.56 bits per heavy atom. The summed E-state index contributed by atoms with van der Waals surface area (Å²) >= 11 is 0. The molecule has 1 saturated carbocycles. The van der Waals surface area contributed by atoms with E-state index in [0.717, 1.165) is 64.8 Å². The van der Waals surface area contributed by atoms with Gasteiger partial charge < -0.3 is 24.8 Å². The van der Waals surface area contributed by atoms with E-state index >= 15 is 0 Å². The highest BCUT2D eigenvalue weighted by Gasteiger charge is 2.45. The Morgan fingerprint density at radius 2 is 1.88 bits per heavy atom. The molecule has 1 aromatic heterocycles. The number of carbonyl (C=O) groups excluding carboxylic acids is 2. The van der Waals surface area contributed by atoms with Crippen LogP contribution in [0.25, 0.3) is 0 Å². The second-order valence-electron chi connectivity index (χ2n) is 13.1. The number of rotatable bonds is 10. The summed E-state index contributed by atoms with van der Waals surface area (Å²) in [6.45, 7) is 16.3. The molecule has 2 aromatic rings. The molecule has 1 unspecified atom stereocenters. The predicted molar refractivity (Wildman–Crippen MR) is 165 cm³/mol. The SMILES string of the molecule is C=CC(=O)NC1CCC2(CC1)CN(CC1CCN(c3ncncc3Oc3ccc(F)cc3C(=O)N(C(C)C)C(C)C)C1)C2. The van der Waals surface area contributed by atoms with Crippen LogP contribution >= 0.6 is 0 Å². The summed E-state index contributed by atoms with van der Waals surface area (Å²) in [5, 5.41) is 3.06. The number of halogens is 1. The fourth-order valence-electron chi connectivity index (χ4n) is 7.22. The zero-order valence-corrected chi connectivity index (χ0v) is 25.9. The number of hydrogen-bond donors (Lipinski definition) is 1. The van der Waals surface area contributed by atoms with Gasteiger partial charge >= 0.3 is 0 Å². The topological polar surface area (TPSA) is 90.9 Å². The highest BCUT2D eigenvalue weighted by Crippen LogP contribution is 2.44. The Labute approximate surface area is 254 Å². The van der Waals surface area contributed by atoms with Crippen molar-refractivity contribution in [1.82, 2.24) is 25.1 Å². The molecule has 10 heteroatoms. The number of aromatic nitrogens is 2. The number of likely N-dealkylation sites (tertiary alicyclic amines) is 1. The van der Waals surface area contributed by atoms with Crippen molar-refractivity contribution in [2.24, 2.45) is 11.3 Å². The van der Waals surface area contributed by atoms with Crippen LogP contribution in [0.3, 0.4) is 0 Å². The van der Waals surface area contributed by atoms with Crippen molar-refractivity contribution >= 4 is 17.6 Å². The monoisotopic (exact) mass is 592 g/mol. The standard InChI is InChI=1S/C33H45FN6O3/c1-6-30(41)37-26-9-12-33(13-10-26)19-38(20-33)17-24-11-14-39(18-24)31-29(16-35-21-36-31)43-28-8-7-25(34)15-27(28)32(42)40(22(2)3)23(4)5/h6-8,15-16,21-24,26H,1,9-14,17-20H2,2-5H3,(H,37,41). The van der Waals surface area contributed by atoms with Gasteiger partial charge in [0.1, 0.15) is 17.9 Å². The number of amides is 2. The molecule has 1 N–H and O–H groups in total. The molecule has 1 atom stereocenters. The van der Waals surface area contributed by atoms with Crippen LogP contribution in [-0.4, -0.2) is 82.4 Å². The van der Waals surface area contributed by atoms with Crippen molar-refractivity contribution in [2.75, 3.05) is 37.6 Å². The lowest BCUT2D eigenvalue weighted by molar-refractivity contribution is -0.118. The number of carbonyl (C=O) groups is 2. The normalized spacial score (nSPS) is 20.3. The Hall–Kier alpha value is -3.53. The van der Waals surface area contributed by atoms with Gasteiger partial charge in [-0.2, -0.15) is 0 Å². The molecule has 5 rings (SSSR count). The Kier molecular flexibility index (Phi) is 9.34. The summed E-state index contributed by atoms with van der Waals surface area (Å²) < 4.78 is 20.6. The number of hydrogen-bond acceptors (Lipinski definition) is 7. The van der Waals surface area contributed by atoms with Crippen LogP contribution in [0.4, 0.5) is 10.2 Å². The van der Waals surface area contributed by atoms with Gasteiger partial charge in [0.05, 0.1) is 11.8 Å². The van der Waals surface area contributed by atoms with Crippen LogP contribution in [0.15, 0.2) is 43.4 Å². The quantitative estimate of drug-likeness (QED) is 0.387. The van der Waals surface area contributed by atoms with Gasteiger partial charge in [0.2, 0.25) is 5.91 Å². The maximum absolute atomic E-state index is 14.3. The first-order valence-corrected chi connectivity index (χ1v) is 15.6. The number of nitrogens with zero attached hydrogens (tertiary/aromatic N) is 5. The largest absolute Gasteiger partial charge is 0.451 e. The molecule has 3 heterocycles. The van der Waals surface area contributed by atoms with E-state index in [2.05, 4.69) is 31.7 Å². The molecular formula is C33H45FN6O3. The van der Waals surface area contributed by atoms with E-state index < -0.39 is 5.82 Å². The maximum Gasteiger partial charge on any atom is 0.258 e. The molecule has 2 saturated heterocycles. The number of benzene rings is 1. The van der Waals surface area contributed by atoms with E-state index in [9.17, 15) is 14.0 Å². The lowest BCUT2D eigenvalue weighted by Gasteiger charge is -2.54. The summed E-state index contributed by atoms with van der Waals surface area (Å²) in [6, 6.07) is 4.22. The molecule has 2 aliphatic heterocycles. The molecule has 0 bridgehead atoms. The zero-order valence-electron chi connectivity index (χ0n) is 25.9. The summed E-state index contributed by atoms with van der Waals surface area (Å²) in [5.74, 6) is 1.09. The van der Waals surface area contributed by atoms with E-state index in [0.29, 0.717) is 22.9 Å². The van der Waals surface area contributed by atoms with Crippen LogP contribution in [-0.2, 0) is 4.79 Å². The van der Waals surface area contributed by atoms with E-state index in [4.69, 9.17) is 4.74 Å². The molecule has 9 nitrogen and oxygen atoms in total. The molecule has 43 heavy (non-hydrogen) atoms. The third-order valence-electron chi connectivity index (χ3n) is 9.20. The van der Waals surface area contributed by atoms with Crippen molar-refractivity contribution in [2.45, 2.75) is 77.9 Å². The van der Waals surface area contributed by atoms with Crippen LogP contribution < -0.4 is 15.0 Å². The van der Waals surface area contributed by atoms with E-state index in [1.165, 1.54) is 30.6 Å². The lowest BCUT2D eigenvalue weighted by Crippen LogP contribution is -2.59. The van der Waals surface area contributed by atoms with Crippen LogP contribution in [0.1, 0.15) is 70.2 Å². The Balaban J connectivity index is 1.20. The zero-order chi connectivity index (χ0) is 30.7. The highest BCUT2D eigenvalue weighted by molar-refractivity contribution is 5.97.